The summed E-state index contributed by atoms with van der Waals surface area (Å²) in [5.41, 5.74) is 2.67. The summed E-state index contributed by atoms with van der Waals surface area (Å²) >= 11 is 0. The van der Waals surface area contributed by atoms with E-state index in [0.29, 0.717) is 31.5 Å². The molecule has 2 aromatic carbocycles. The predicted octanol–water partition coefficient (Wildman–Crippen LogP) is 4.16. The summed E-state index contributed by atoms with van der Waals surface area (Å²) < 4.78 is 16.6. The average Bonchev–Trinajstić information content (AvgIpc) is 2.83. The van der Waals surface area contributed by atoms with E-state index in [1.807, 2.05) is 48.5 Å². The second-order valence-corrected chi connectivity index (χ2v) is 6.93. The van der Waals surface area contributed by atoms with E-state index < -0.39 is 0 Å². The Kier molecular flexibility index (Phi) is 5.10. The summed E-state index contributed by atoms with van der Waals surface area (Å²) in [7, 11) is 1.66. The number of rotatable bonds is 6. The number of anilines is 3. The van der Waals surface area contributed by atoms with Gasteiger partial charge in [0.25, 0.3) is 0 Å². The molecule has 0 saturated carbocycles. The van der Waals surface area contributed by atoms with Crippen LogP contribution in [0.25, 0.3) is 10.9 Å². The lowest BCUT2D eigenvalue weighted by atomic mass is 10.2. The number of hydrogen-bond donors (Lipinski definition) is 2. The lowest BCUT2D eigenvalue weighted by molar-refractivity contribution is 0.171. The van der Waals surface area contributed by atoms with Gasteiger partial charge in [0.2, 0.25) is 5.95 Å². The summed E-state index contributed by atoms with van der Waals surface area (Å²) in [6.07, 6.45) is 3.49. The summed E-state index contributed by atoms with van der Waals surface area (Å²) in [5, 5.41) is 7.40. The third kappa shape index (κ3) is 4.00. The summed E-state index contributed by atoms with van der Waals surface area (Å²) in [6, 6.07) is 15.4. The number of methoxy groups -OCH3 is 1. The van der Waals surface area contributed by atoms with Gasteiger partial charge in [-0.1, -0.05) is 18.2 Å². The fourth-order valence-electron chi connectivity index (χ4n) is 3.42. The predicted molar refractivity (Wildman–Crippen MR) is 118 cm³/mol. The highest BCUT2D eigenvalue weighted by atomic mass is 16.6. The Morgan fingerprint density at radius 1 is 1.00 bits per heavy atom. The Morgan fingerprint density at radius 3 is 2.77 bits per heavy atom. The van der Waals surface area contributed by atoms with Crippen molar-refractivity contribution in [3.05, 3.63) is 66.5 Å². The number of pyridine rings is 1. The van der Waals surface area contributed by atoms with Crippen molar-refractivity contribution < 1.29 is 14.2 Å². The topological polar surface area (TPSA) is 90.4 Å². The minimum absolute atomic E-state index is 0.537. The highest BCUT2D eigenvalue weighted by molar-refractivity contribution is 5.90. The van der Waals surface area contributed by atoms with Gasteiger partial charge in [-0.3, -0.25) is 0 Å². The largest absolute Gasteiger partial charge is 0.496 e. The standard InChI is InChI=1S/C23H21N5O3/c1-29-19-5-3-2-4-15(19)13-25-23-26-14-17-18(28-23)8-9-24-22(17)27-16-6-7-20-21(12-16)31-11-10-30-20/h2-9,12,14H,10-11,13H2,1H3,(H,24,27)(H,25,26,28). The first kappa shape index (κ1) is 18.9. The normalized spacial score (nSPS) is 12.4. The van der Waals surface area contributed by atoms with E-state index in [-0.39, 0.29) is 0 Å². The first-order valence-corrected chi connectivity index (χ1v) is 9.94. The van der Waals surface area contributed by atoms with Crippen LogP contribution in [0.1, 0.15) is 5.56 Å². The Hall–Kier alpha value is -4.07. The molecule has 1 aliphatic rings. The third-order valence-electron chi connectivity index (χ3n) is 4.94. The Morgan fingerprint density at radius 2 is 1.87 bits per heavy atom. The van der Waals surface area contributed by atoms with E-state index in [9.17, 15) is 0 Å². The molecule has 0 aliphatic carbocycles. The first-order valence-electron chi connectivity index (χ1n) is 9.94. The van der Waals surface area contributed by atoms with Crippen molar-refractivity contribution in [2.24, 2.45) is 0 Å². The van der Waals surface area contributed by atoms with Crippen LogP contribution in [-0.4, -0.2) is 35.3 Å². The molecule has 0 bridgehead atoms. The lowest BCUT2D eigenvalue weighted by Gasteiger charge is -2.19. The van der Waals surface area contributed by atoms with E-state index in [4.69, 9.17) is 14.2 Å². The Balaban J connectivity index is 1.36. The molecule has 156 valence electrons. The fraction of sp³-hybridized carbons (Fsp3) is 0.174. The number of benzene rings is 2. The molecule has 2 N–H and O–H groups in total. The van der Waals surface area contributed by atoms with Gasteiger partial charge in [-0.2, -0.15) is 0 Å². The van der Waals surface area contributed by atoms with Crippen molar-refractivity contribution in [3.63, 3.8) is 0 Å². The van der Waals surface area contributed by atoms with Crippen LogP contribution in [-0.2, 0) is 6.54 Å². The summed E-state index contributed by atoms with van der Waals surface area (Å²) in [4.78, 5) is 13.6. The summed E-state index contributed by atoms with van der Waals surface area (Å²) in [6.45, 7) is 1.67. The number of fused-ring (bicyclic) bond motifs is 2. The van der Waals surface area contributed by atoms with Gasteiger partial charge in [0.15, 0.2) is 11.5 Å². The van der Waals surface area contributed by atoms with Crippen molar-refractivity contribution >= 4 is 28.4 Å². The summed E-state index contributed by atoms with van der Waals surface area (Å²) in [5.74, 6) is 3.50. The van der Waals surface area contributed by atoms with Gasteiger partial charge in [-0.15, -0.1) is 0 Å². The molecule has 2 aromatic heterocycles. The molecule has 31 heavy (non-hydrogen) atoms. The number of nitrogens with one attached hydrogen (secondary N) is 2. The van der Waals surface area contributed by atoms with Crippen LogP contribution in [0, 0.1) is 0 Å². The van der Waals surface area contributed by atoms with E-state index >= 15 is 0 Å². The zero-order valence-electron chi connectivity index (χ0n) is 17.0. The van der Waals surface area contributed by atoms with E-state index in [2.05, 4.69) is 25.6 Å². The highest BCUT2D eigenvalue weighted by Crippen LogP contribution is 2.34. The fourth-order valence-corrected chi connectivity index (χ4v) is 3.42. The van der Waals surface area contributed by atoms with Crippen LogP contribution in [0.5, 0.6) is 17.2 Å². The van der Waals surface area contributed by atoms with Gasteiger partial charge in [0.05, 0.1) is 18.0 Å². The van der Waals surface area contributed by atoms with Gasteiger partial charge >= 0.3 is 0 Å². The van der Waals surface area contributed by atoms with Crippen molar-refractivity contribution in [2.45, 2.75) is 6.54 Å². The van der Waals surface area contributed by atoms with Crippen LogP contribution in [0.4, 0.5) is 17.5 Å². The van der Waals surface area contributed by atoms with Gasteiger partial charge < -0.3 is 24.8 Å². The van der Waals surface area contributed by atoms with Gasteiger partial charge in [-0.05, 0) is 24.3 Å². The quantitative estimate of drug-likeness (QED) is 0.485. The van der Waals surface area contributed by atoms with Crippen molar-refractivity contribution in [1.82, 2.24) is 15.0 Å². The van der Waals surface area contributed by atoms with Gasteiger partial charge in [0.1, 0.15) is 24.8 Å². The van der Waals surface area contributed by atoms with Crippen LogP contribution < -0.4 is 24.8 Å². The monoisotopic (exact) mass is 415 g/mol. The number of para-hydroxylation sites is 1. The highest BCUT2D eigenvalue weighted by Gasteiger charge is 2.13. The number of ether oxygens (including phenoxy) is 3. The Bertz CT molecular complexity index is 1230. The molecule has 4 aromatic rings. The molecule has 3 heterocycles. The molecular formula is C23H21N5O3. The van der Waals surface area contributed by atoms with Crippen LogP contribution in [0.3, 0.4) is 0 Å². The maximum atomic E-state index is 5.66. The minimum Gasteiger partial charge on any atom is -0.496 e. The third-order valence-corrected chi connectivity index (χ3v) is 4.94. The zero-order chi connectivity index (χ0) is 21.0. The van der Waals surface area contributed by atoms with E-state index in [0.717, 1.165) is 39.4 Å². The number of hydrogen-bond acceptors (Lipinski definition) is 8. The van der Waals surface area contributed by atoms with Crippen LogP contribution in [0.2, 0.25) is 0 Å². The molecule has 0 fully saturated rings. The van der Waals surface area contributed by atoms with E-state index in [1.54, 1.807) is 19.5 Å². The van der Waals surface area contributed by atoms with Crippen molar-refractivity contribution in [2.75, 3.05) is 31.0 Å². The molecule has 8 nitrogen and oxygen atoms in total. The number of nitrogens with zero attached hydrogens (tertiary/aromatic N) is 3. The molecule has 8 heteroatoms. The SMILES string of the molecule is COc1ccccc1CNc1ncc2c(Nc3ccc4c(c3)OCCO4)nccc2n1. The van der Waals surface area contributed by atoms with Crippen LogP contribution >= 0.6 is 0 Å². The Labute approximate surface area is 179 Å². The molecule has 0 unspecified atom stereocenters. The van der Waals surface area contributed by atoms with Crippen LogP contribution in [0.15, 0.2) is 60.9 Å². The maximum Gasteiger partial charge on any atom is 0.223 e. The average molecular weight is 415 g/mol. The molecular weight excluding hydrogens is 394 g/mol. The minimum atomic E-state index is 0.537. The zero-order valence-corrected chi connectivity index (χ0v) is 17.0. The second kappa shape index (κ2) is 8.35. The first-order chi connectivity index (χ1) is 15.3. The van der Waals surface area contributed by atoms with Gasteiger partial charge in [0, 0.05) is 36.3 Å². The molecule has 0 spiro atoms. The maximum absolute atomic E-state index is 5.66. The van der Waals surface area contributed by atoms with Gasteiger partial charge in [-0.25, -0.2) is 15.0 Å². The molecule has 1 aliphatic heterocycles. The molecule has 0 saturated heterocycles. The molecule has 0 atom stereocenters. The molecule has 0 radical (unpaired) electrons. The second-order valence-electron chi connectivity index (χ2n) is 6.93. The molecule has 5 rings (SSSR count). The smallest absolute Gasteiger partial charge is 0.223 e. The number of aromatic nitrogens is 3. The van der Waals surface area contributed by atoms with Crippen molar-refractivity contribution in [1.29, 1.82) is 0 Å². The van der Waals surface area contributed by atoms with Crippen molar-refractivity contribution in [3.8, 4) is 17.2 Å². The lowest BCUT2D eigenvalue weighted by Crippen LogP contribution is -2.15. The van der Waals surface area contributed by atoms with E-state index in [1.165, 1.54) is 0 Å². The molecule has 0 amide bonds.